The summed E-state index contributed by atoms with van der Waals surface area (Å²) in [6.07, 6.45) is 0. The minimum absolute atomic E-state index is 0.212. The normalized spacial score (nSPS) is 9.67. The molecule has 0 aliphatic carbocycles. The van der Waals surface area contributed by atoms with E-state index in [9.17, 15) is 0 Å². The Morgan fingerprint density at radius 3 is 1.48 bits per heavy atom. The van der Waals surface area contributed by atoms with Crippen molar-refractivity contribution in [3.8, 4) is 23.0 Å². The van der Waals surface area contributed by atoms with E-state index in [4.69, 9.17) is 39.0 Å². The highest BCUT2D eigenvalue weighted by atomic mass is 79.9. The van der Waals surface area contributed by atoms with E-state index in [1.165, 1.54) is 28.4 Å². The summed E-state index contributed by atoms with van der Waals surface area (Å²) in [5, 5.41) is 36.4. The minimum Gasteiger partial charge on any atom is -0.497 e. The highest BCUT2D eigenvalue weighted by Crippen LogP contribution is 2.27. The number of benzene rings is 2. The van der Waals surface area contributed by atoms with Gasteiger partial charge in [0.25, 0.3) is 0 Å². The second-order valence-electron chi connectivity index (χ2n) is 5.02. The van der Waals surface area contributed by atoms with Crippen molar-refractivity contribution in [3.63, 3.8) is 0 Å². The van der Waals surface area contributed by atoms with Gasteiger partial charge < -0.3 is 39.0 Å². The van der Waals surface area contributed by atoms with Crippen LogP contribution in [0.2, 0.25) is 0 Å². The molecule has 0 atom stereocenters. The van der Waals surface area contributed by atoms with Crippen LogP contribution in [-0.4, -0.2) is 62.8 Å². The van der Waals surface area contributed by atoms with Crippen molar-refractivity contribution >= 4 is 41.1 Å². The SMILES string of the molecule is COc1ccc(Br)c(OC)c1B(O)O.COc1cccc(OC)c1B(O)O. The molecule has 2 rings (SSSR count). The number of hydrogen-bond donors (Lipinski definition) is 4. The second-order valence-corrected chi connectivity index (χ2v) is 5.87. The topological polar surface area (TPSA) is 118 Å². The van der Waals surface area contributed by atoms with E-state index in [1.54, 1.807) is 30.3 Å². The molecule has 0 aliphatic rings. The van der Waals surface area contributed by atoms with Gasteiger partial charge >= 0.3 is 14.2 Å². The van der Waals surface area contributed by atoms with Crippen molar-refractivity contribution < 1.29 is 39.0 Å². The largest absolute Gasteiger partial charge is 0.497 e. The quantitative estimate of drug-likeness (QED) is 0.443. The summed E-state index contributed by atoms with van der Waals surface area (Å²) in [4.78, 5) is 0. The number of ether oxygens (including phenoxy) is 4. The second kappa shape index (κ2) is 11.1. The zero-order chi connectivity index (χ0) is 20.6. The lowest BCUT2D eigenvalue weighted by Gasteiger charge is -2.13. The molecule has 8 nitrogen and oxygen atoms in total. The van der Waals surface area contributed by atoms with Crippen molar-refractivity contribution in [1.29, 1.82) is 0 Å². The van der Waals surface area contributed by atoms with Crippen molar-refractivity contribution in [1.82, 2.24) is 0 Å². The van der Waals surface area contributed by atoms with Gasteiger partial charge in [0.1, 0.15) is 23.0 Å². The molecule has 27 heavy (non-hydrogen) atoms. The summed E-state index contributed by atoms with van der Waals surface area (Å²) in [6, 6.07) is 8.32. The third-order valence-corrected chi connectivity index (χ3v) is 4.14. The van der Waals surface area contributed by atoms with E-state index in [2.05, 4.69) is 15.9 Å². The van der Waals surface area contributed by atoms with E-state index in [0.29, 0.717) is 27.5 Å². The highest BCUT2D eigenvalue weighted by molar-refractivity contribution is 9.10. The van der Waals surface area contributed by atoms with E-state index < -0.39 is 14.2 Å². The third kappa shape index (κ3) is 5.78. The molecule has 0 amide bonds. The Bertz CT molecular complexity index is 720. The summed E-state index contributed by atoms with van der Waals surface area (Å²) in [6.45, 7) is 0. The molecule has 0 aromatic heterocycles. The molecule has 0 fully saturated rings. The molecule has 2 aromatic carbocycles. The van der Waals surface area contributed by atoms with E-state index in [1.807, 2.05) is 0 Å². The number of methoxy groups -OCH3 is 4. The van der Waals surface area contributed by atoms with Gasteiger partial charge in [-0.3, -0.25) is 0 Å². The fourth-order valence-electron chi connectivity index (χ4n) is 2.32. The van der Waals surface area contributed by atoms with Gasteiger partial charge in [-0.25, -0.2) is 0 Å². The Kier molecular flexibility index (Phi) is 9.47. The summed E-state index contributed by atoms with van der Waals surface area (Å²) in [5.74, 6) is 1.53. The summed E-state index contributed by atoms with van der Waals surface area (Å²) < 4.78 is 20.6. The molecule has 0 radical (unpaired) electrons. The molecule has 0 bridgehead atoms. The monoisotopic (exact) mass is 442 g/mol. The third-order valence-electron chi connectivity index (χ3n) is 3.51. The predicted octanol–water partition coefficient (Wildman–Crippen LogP) is -0.470. The molecule has 0 saturated carbocycles. The van der Waals surface area contributed by atoms with E-state index in [-0.39, 0.29) is 10.9 Å². The molecule has 0 spiro atoms. The summed E-state index contributed by atoms with van der Waals surface area (Å²) >= 11 is 3.24. The van der Waals surface area contributed by atoms with Crippen LogP contribution in [0.4, 0.5) is 0 Å². The van der Waals surface area contributed by atoms with Crippen molar-refractivity contribution in [2.45, 2.75) is 0 Å². The zero-order valence-electron chi connectivity index (χ0n) is 15.3. The first-order valence-electron chi connectivity index (χ1n) is 7.65. The Morgan fingerprint density at radius 2 is 1.11 bits per heavy atom. The van der Waals surface area contributed by atoms with Gasteiger partial charge in [0.15, 0.2) is 0 Å². The van der Waals surface area contributed by atoms with Crippen molar-refractivity contribution in [2.24, 2.45) is 0 Å². The number of halogens is 1. The number of rotatable bonds is 6. The molecule has 0 unspecified atom stereocenters. The van der Waals surface area contributed by atoms with Crippen molar-refractivity contribution in [3.05, 3.63) is 34.8 Å². The maximum Gasteiger partial charge on any atom is 0.496 e. The Morgan fingerprint density at radius 1 is 0.667 bits per heavy atom. The van der Waals surface area contributed by atoms with E-state index >= 15 is 0 Å². The van der Waals surface area contributed by atoms with Crippen LogP contribution in [0.15, 0.2) is 34.8 Å². The first-order valence-corrected chi connectivity index (χ1v) is 8.45. The van der Waals surface area contributed by atoms with E-state index in [0.717, 1.165) is 0 Å². The molecule has 0 saturated heterocycles. The van der Waals surface area contributed by atoms with Crippen LogP contribution in [0.3, 0.4) is 0 Å². The van der Waals surface area contributed by atoms with Crippen LogP contribution in [0.25, 0.3) is 0 Å². The summed E-state index contributed by atoms with van der Waals surface area (Å²) in [7, 11) is 2.60. The Labute approximate surface area is 166 Å². The molecule has 11 heteroatoms. The van der Waals surface area contributed by atoms with Crippen molar-refractivity contribution in [2.75, 3.05) is 28.4 Å². The lowest BCUT2D eigenvalue weighted by molar-refractivity contribution is 0.383. The number of hydrogen-bond acceptors (Lipinski definition) is 8. The molecule has 0 aliphatic heterocycles. The lowest BCUT2D eigenvalue weighted by atomic mass is 9.78. The fraction of sp³-hybridized carbons (Fsp3) is 0.250. The molecule has 0 heterocycles. The maximum absolute atomic E-state index is 9.15. The smallest absolute Gasteiger partial charge is 0.496 e. The average Bonchev–Trinajstić information content (AvgIpc) is 2.67. The van der Waals surface area contributed by atoms with Crippen LogP contribution >= 0.6 is 15.9 Å². The van der Waals surface area contributed by atoms with Gasteiger partial charge in [0, 0.05) is 0 Å². The van der Waals surface area contributed by atoms with Crippen LogP contribution < -0.4 is 29.9 Å². The van der Waals surface area contributed by atoms with Gasteiger partial charge in [-0.15, -0.1) is 0 Å². The zero-order valence-corrected chi connectivity index (χ0v) is 16.9. The van der Waals surface area contributed by atoms with Gasteiger partial charge in [0.2, 0.25) is 0 Å². The first kappa shape index (κ1) is 23.1. The van der Waals surface area contributed by atoms with Gasteiger partial charge in [-0.2, -0.15) is 0 Å². The highest BCUT2D eigenvalue weighted by Gasteiger charge is 2.24. The molecule has 2 aromatic rings. The van der Waals surface area contributed by atoms with Crippen LogP contribution in [-0.2, 0) is 0 Å². The first-order chi connectivity index (χ1) is 12.8. The standard InChI is InChI=1S/C8H10BBrO4.C8H11BO4/c1-13-6-4-3-5(10)8(14-2)7(6)9(11)12;1-12-6-4-3-5-7(13-2)8(6)9(10)11/h3-4,11-12H,1-2H3;3-5,10-11H,1-2H3. The van der Waals surface area contributed by atoms with Gasteiger partial charge in [0.05, 0.1) is 43.8 Å². The lowest BCUT2D eigenvalue weighted by Crippen LogP contribution is -2.32. The van der Waals surface area contributed by atoms with Gasteiger partial charge in [-0.05, 0) is 40.2 Å². The van der Waals surface area contributed by atoms with Crippen LogP contribution in [0, 0.1) is 0 Å². The minimum atomic E-state index is -1.63. The Hall–Kier alpha value is -1.91. The molecule has 4 N–H and O–H groups in total. The van der Waals surface area contributed by atoms with Gasteiger partial charge in [-0.1, -0.05) is 6.07 Å². The molecular formula is C16H21B2BrO8. The molecular weight excluding hydrogens is 422 g/mol. The molecule has 146 valence electrons. The maximum atomic E-state index is 9.15. The van der Waals surface area contributed by atoms with Crippen LogP contribution in [0.1, 0.15) is 0 Å². The summed E-state index contributed by atoms with van der Waals surface area (Å²) in [5.41, 5.74) is 0.455. The Balaban J connectivity index is 0.000000271. The fourth-order valence-corrected chi connectivity index (χ4v) is 2.83. The average molecular weight is 443 g/mol. The predicted molar refractivity (Wildman–Crippen MR) is 106 cm³/mol. The van der Waals surface area contributed by atoms with Crippen LogP contribution in [0.5, 0.6) is 23.0 Å².